The average molecular weight is 231 g/mol. The van der Waals surface area contributed by atoms with Crippen molar-refractivity contribution in [1.82, 2.24) is 5.32 Å². The molecule has 2 rings (SSSR count). The molecule has 1 aliphatic heterocycles. The van der Waals surface area contributed by atoms with Gasteiger partial charge in [0.25, 0.3) is 0 Å². The summed E-state index contributed by atoms with van der Waals surface area (Å²) in [6, 6.07) is 4.56. The fraction of sp³-hybridized carbons (Fsp3) is 0.467. The molecule has 2 heterocycles. The van der Waals surface area contributed by atoms with E-state index in [0.29, 0.717) is 6.04 Å². The molecule has 1 aromatic rings. The van der Waals surface area contributed by atoms with Gasteiger partial charge in [0.2, 0.25) is 0 Å². The molecule has 0 radical (unpaired) electrons. The van der Waals surface area contributed by atoms with Crippen LogP contribution in [0.2, 0.25) is 0 Å². The molecule has 0 saturated heterocycles. The van der Waals surface area contributed by atoms with Crippen molar-refractivity contribution >= 4 is 5.57 Å². The Morgan fingerprint density at radius 2 is 2.18 bits per heavy atom. The van der Waals surface area contributed by atoms with Crippen LogP contribution in [0.3, 0.4) is 0 Å². The minimum Gasteiger partial charge on any atom is -0.461 e. The van der Waals surface area contributed by atoms with Gasteiger partial charge in [-0.3, -0.25) is 0 Å². The van der Waals surface area contributed by atoms with Gasteiger partial charge in [-0.15, -0.1) is 0 Å². The Labute approximate surface area is 103 Å². The zero-order valence-electron chi connectivity index (χ0n) is 11.1. The summed E-state index contributed by atoms with van der Waals surface area (Å²) in [4.78, 5) is 0. The van der Waals surface area contributed by atoms with Crippen LogP contribution >= 0.6 is 0 Å². The summed E-state index contributed by atoms with van der Waals surface area (Å²) in [7, 11) is 0. The molecule has 0 fully saturated rings. The Hall–Kier alpha value is -1.28. The topological polar surface area (TPSA) is 25.2 Å². The molecule has 0 amide bonds. The number of hydrogen-bond acceptors (Lipinski definition) is 2. The zero-order valence-corrected chi connectivity index (χ0v) is 11.1. The minimum absolute atomic E-state index is 0.463. The van der Waals surface area contributed by atoms with Crippen LogP contribution in [0, 0.1) is 6.92 Å². The molecule has 2 nitrogen and oxygen atoms in total. The van der Waals surface area contributed by atoms with Crippen LogP contribution in [-0.2, 0) is 0 Å². The monoisotopic (exact) mass is 231 g/mol. The smallest absolute Gasteiger partial charge is 0.134 e. The highest BCUT2D eigenvalue weighted by molar-refractivity contribution is 5.77. The summed E-state index contributed by atoms with van der Waals surface area (Å²) in [6.45, 7) is 9.55. The second kappa shape index (κ2) is 4.92. The standard InChI is InChI=1S/C15H21NO/c1-5-13(15-7-6-10(2)17-15)14-8-9-16-12(4)11(14)3/h5-7,12,16H,8-9H2,1-4H3/b13-5+. The SMILES string of the molecule is C/C=C(\C1=C(C)C(C)NCC1)c1ccc(C)o1. The maximum atomic E-state index is 5.75. The van der Waals surface area contributed by atoms with Crippen LogP contribution in [0.5, 0.6) is 0 Å². The lowest BCUT2D eigenvalue weighted by Crippen LogP contribution is -2.33. The maximum absolute atomic E-state index is 5.75. The van der Waals surface area contributed by atoms with Crippen LogP contribution < -0.4 is 5.32 Å². The number of hydrogen-bond donors (Lipinski definition) is 1. The highest BCUT2D eigenvalue weighted by Gasteiger charge is 2.20. The summed E-state index contributed by atoms with van der Waals surface area (Å²) >= 11 is 0. The predicted molar refractivity (Wildman–Crippen MR) is 71.9 cm³/mol. The van der Waals surface area contributed by atoms with Crippen molar-refractivity contribution in [2.24, 2.45) is 0 Å². The first-order valence-corrected chi connectivity index (χ1v) is 6.30. The van der Waals surface area contributed by atoms with Crippen molar-refractivity contribution in [2.45, 2.75) is 40.2 Å². The minimum atomic E-state index is 0.463. The van der Waals surface area contributed by atoms with Crippen LogP contribution in [0.4, 0.5) is 0 Å². The zero-order chi connectivity index (χ0) is 12.4. The van der Waals surface area contributed by atoms with Crippen LogP contribution in [0.1, 0.15) is 38.7 Å². The molecule has 1 aromatic heterocycles. The van der Waals surface area contributed by atoms with Crippen molar-refractivity contribution < 1.29 is 4.42 Å². The van der Waals surface area contributed by atoms with Gasteiger partial charge in [-0.2, -0.15) is 0 Å². The normalized spacial score (nSPS) is 22.1. The van der Waals surface area contributed by atoms with E-state index in [1.165, 1.54) is 16.7 Å². The molecule has 0 bridgehead atoms. The van der Waals surface area contributed by atoms with Crippen molar-refractivity contribution in [1.29, 1.82) is 0 Å². The Bertz CT molecular complexity index is 465. The largest absolute Gasteiger partial charge is 0.461 e. The Morgan fingerprint density at radius 3 is 2.76 bits per heavy atom. The van der Waals surface area contributed by atoms with E-state index in [9.17, 15) is 0 Å². The second-order valence-corrected chi connectivity index (χ2v) is 4.70. The number of nitrogens with one attached hydrogen (secondary N) is 1. The molecular formula is C15H21NO. The van der Waals surface area contributed by atoms with E-state index in [-0.39, 0.29) is 0 Å². The summed E-state index contributed by atoms with van der Waals surface area (Å²) in [5.74, 6) is 1.97. The van der Waals surface area contributed by atoms with Gasteiger partial charge in [-0.05, 0) is 58.4 Å². The molecule has 2 heteroatoms. The van der Waals surface area contributed by atoms with E-state index in [1.54, 1.807) is 0 Å². The Kier molecular flexibility index (Phi) is 3.53. The highest BCUT2D eigenvalue weighted by atomic mass is 16.3. The first-order chi connectivity index (χ1) is 8.13. The highest BCUT2D eigenvalue weighted by Crippen LogP contribution is 2.32. The number of aryl methyl sites for hydroxylation is 1. The van der Waals surface area contributed by atoms with Gasteiger partial charge in [-0.1, -0.05) is 11.6 Å². The molecule has 92 valence electrons. The third-order valence-corrected chi connectivity index (χ3v) is 3.57. The van der Waals surface area contributed by atoms with Gasteiger partial charge < -0.3 is 9.73 Å². The Balaban J connectivity index is 2.40. The molecule has 1 N–H and O–H groups in total. The molecule has 0 spiro atoms. The van der Waals surface area contributed by atoms with E-state index in [1.807, 2.05) is 13.0 Å². The third-order valence-electron chi connectivity index (χ3n) is 3.57. The lowest BCUT2D eigenvalue weighted by Gasteiger charge is -2.26. The van der Waals surface area contributed by atoms with E-state index in [4.69, 9.17) is 4.42 Å². The van der Waals surface area contributed by atoms with Gasteiger partial charge in [0.05, 0.1) is 0 Å². The lowest BCUT2D eigenvalue weighted by atomic mass is 9.90. The van der Waals surface area contributed by atoms with Crippen molar-refractivity contribution in [3.05, 3.63) is 40.9 Å². The van der Waals surface area contributed by atoms with Gasteiger partial charge in [-0.25, -0.2) is 0 Å². The first-order valence-electron chi connectivity index (χ1n) is 6.30. The van der Waals surface area contributed by atoms with E-state index in [0.717, 1.165) is 24.5 Å². The number of furan rings is 1. The third kappa shape index (κ3) is 2.37. The van der Waals surface area contributed by atoms with Gasteiger partial charge >= 0.3 is 0 Å². The van der Waals surface area contributed by atoms with Crippen molar-refractivity contribution in [2.75, 3.05) is 6.54 Å². The predicted octanol–water partition coefficient (Wildman–Crippen LogP) is 3.69. The molecule has 0 aromatic carbocycles. The fourth-order valence-electron chi connectivity index (χ4n) is 2.42. The van der Waals surface area contributed by atoms with E-state index < -0.39 is 0 Å². The van der Waals surface area contributed by atoms with Crippen LogP contribution in [0.25, 0.3) is 5.57 Å². The van der Waals surface area contributed by atoms with Gasteiger partial charge in [0, 0.05) is 11.6 Å². The molecule has 17 heavy (non-hydrogen) atoms. The van der Waals surface area contributed by atoms with Crippen molar-refractivity contribution in [3.63, 3.8) is 0 Å². The average Bonchev–Trinajstić information content (AvgIpc) is 2.72. The van der Waals surface area contributed by atoms with E-state index >= 15 is 0 Å². The molecule has 1 aliphatic rings. The summed E-state index contributed by atoms with van der Waals surface area (Å²) in [6.07, 6.45) is 3.24. The Morgan fingerprint density at radius 1 is 1.41 bits per heavy atom. The summed E-state index contributed by atoms with van der Waals surface area (Å²) < 4.78 is 5.75. The fourth-order valence-corrected chi connectivity index (χ4v) is 2.42. The molecular weight excluding hydrogens is 210 g/mol. The lowest BCUT2D eigenvalue weighted by molar-refractivity contribution is 0.518. The van der Waals surface area contributed by atoms with Crippen molar-refractivity contribution in [3.8, 4) is 0 Å². The van der Waals surface area contributed by atoms with E-state index in [2.05, 4.69) is 38.2 Å². The summed E-state index contributed by atoms with van der Waals surface area (Å²) in [5.41, 5.74) is 4.12. The maximum Gasteiger partial charge on any atom is 0.134 e. The number of rotatable bonds is 2. The molecule has 1 unspecified atom stereocenters. The molecule has 0 saturated carbocycles. The van der Waals surface area contributed by atoms with Crippen LogP contribution in [-0.4, -0.2) is 12.6 Å². The first kappa shape index (κ1) is 12.2. The van der Waals surface area contributed by atoms with Crippen LogP contribution in [0.15, 0.2) is 33.8 Å². The van der Waals surface area contributed by atoms with Gasteiger partial charge in [0.1, 0.15) is 11.5 Å². The quantitative estimate of drug-likeness (QED) is 0.839. The molecule has 0 aliphatic carbocycles. The van der Waals surface area contributed by atoms with Gasteiger partial charge in [0.15, 0.2) is 0 Å². The summed E-state index contributed by atoms with van der Waals surface area (Å²) in [5, 5.41) is 3.48. The second-order valence-electron chi connectivity index (χ2n) is 4.70. The molecule has 1 atom stereocenters. The number of allylic oxidation sites excluding steroid dienone is 2.